The van der Waals surface area contributed by atoms with Gasteiger partial charge in [-0.1, -0.05) is 80.4 Å². The zero-order valence-corrected chi connectivity index (χ0v) is 18.3. The number of hydrogen-bond acceptors (Lipinski definition) is 4. The summed E-state index contributed by atoms with van der Waals surface area (Å²) in [5, 5.41) is 10.1. The van der Waals surface area contributed by atoms with Gasteiger partial charge in [0.2, 0.25) is 0 Å². The van der Waals surface area contributed by atoms with Gasteiger partial charge >= 0.3 is 0 Å². The Bertz CT molecular complexity index is 785. The Morgan fingerprint density at radius 2 is 1.57 bits per heavy atom. The molecule has 0 bridgehead atoms. The van der Waals surface area contributed by atoms with Gasteiger partial charge in [0.25, 0.3) is 0 Å². The van der Waals surface area contributed by atoms with Crippen LogP contribution in [0.1, 0.15) is 73.6 Å². The maximum absolute atomic E-state index is 13.5. The zero-order valence-electron chi connectivity index (χ0n) is 18.3. The molecule has 0 fully saturated rings. The molecule has 0 spiro atoms. The second-order valence-electron chi connectivity index (χ2n) is 8.11. The summed E-state index contributed by atoms with van der Waals surface area (Å²) in [5.74, 6) is -0.250. The third kappa shape index (κ3) is 6.61. The van der Waals surface area contributed by atoms with Crippen LogP contribution in [0.25, 0.3) is 0 Å². The molecule has 0 aliphatic carbocycles. The summed E-state index contributed by atoms with van der Waals surface area (Å²) in [4.78, 5) is 26.0. The standard InChI is InChI=1S/C26H34O4/c1-4-5-16-23(19-20(2)27)26(3,25(29)22-14-10-7-11-15-22)30-18-17-24(28)21-12-8-6-9-13-21/h6-15,20,23,27H,4-5,16-19H2,1-3H3. The van der Waals surface area contributed by atoms with Crippen LogP contribution >= 0.6 is 0 Å². The van der Waals surface area contributed by atoms with Gasteiger partial charge in [0.1, 0.15) is 5.60 Å². The Morgan fingerprint density at radius 3 is 2.10 bits per heavy atom. The first kappa shape index (κ1) is 24.0. The first-order chi connectivity index (χ1) is 14.4. The lowest BCUT2D eigenvalue weighted by atomic mass is 9.76. The summed E-state index contributed by atoms with van der Waals surface area (Å²) in [5.41, 5.74) is 0.120. The normalized spacial score (nSPS) is 15.2. The molecule has 0 saturated carbocycles. The van der Waals surface area contributed by atoms with Crippen molar-refractivity contribution in [2.24, 2.45) is 5.92 Å². The lowest BCUT2D eigenvalue weighted by Crippen LogP contribution is -2.47. The number of Topliss-reactive ketones (excluding diaryl/α,β-unsaturated/α-hetero) is 2. The minimum atomic E-state index is -1.11. The maximum atomic E-state index is 13.5. The molecule has 4 heteroatoms. The number of carbonyl (C=O) groups is 2. The van der Waals surface area contributed by atoms with E-state index in [4.69, 9.17) is 4.74 Å². The second-order valence-corrected chi connectivity index (χ2v) is 8.11. The molecule has 0 aromatic heterocycles. The Kier molecular flexibility index (Phi) is 9.41. The number of ketones is 2. The third-order valence-electron chi connectivity index (χ3n) is 5.62. The summed E-state index contributed by atoms with van der Waals surface area (Å²) >= 11 is 0. The molecule has 30 heavy (non-hydrogen) atoms. The van der Waals surface area contributed by atoms with Crippen molar-refractivity contribution in [3.05, 3.63) is 71.8 Å². The van der Waals surface area contributed by atoms with Gasteiger partial charge in [-0.3, -0.25) is 9.59 Å². The molecule has 0 saturated heterocycles. The molecule has 0 aliphatic heterocycles. The molecule has 2 aromatic carbocycles. The zero-order chi connectivity index (χ0) is 22.0. The topological polar surface area (TPSA) is 63.6 Å². The van der Waals surface area contributed by atoms with Crippen molar-refractivity contribution in [2.45, 2.75) is 64.6 Å². The van der Waals surface area contributed by atoms with Gasteiger partial charge in [0.05, 0.1) is 12.7 Å². The molecule has 0 heterocycles. The number of rotatable bonds is 13. The predicted octanol–water partition coefficient (Wildman–Crippen LogP) is 5.49. The van der Waals surface area contributed by atoms with Crippen LogP contribution in [0.4, 0.5) is 0 Å². The van der Waals surface area contributed by atoms with Gasteiger partial charge in [-0.05, 0) is 32.6 Å². The summed E-state index contributed by atoms with van der Waals surface area (Å²) in [6.07, 6.45) is 2.87. The highest BCUT2D eigenvalue weighted by Crippen LogP contribution is 2.34. The summed E-state index contributed by atoms with van der Waals surface area (Å²) in [7, 11) is 0. The Hall–Kier alpha value is -2.30. The fourth-order valence-corrected chi connectivity index (χ4v) is 3.85. The molecule has 0 radical (unpaired) electrons. The van der Waals surface area contributed by atoms with Gasteiger partial charge in [-0.25, -0.2) is 0 Å². The molecule has 3 atom stereocenters. The van der Waals surface area contributed by atoms with E-state index in [1.165, 1.54) is 0 Å². The van der Waals surface area contributed by atoms with Gasteiger partial charge in [0.15, 0.2) is 11.6 Å². The summed E-state index contributed by atoms with van der Waals surface area (Å²) in [6, 6.07) is 18.2. The van der Waals surface area contributed by atoms with Crippen LogP contribution in [0.5, 0.6) is 0 Å². The van der Waals surface area contributed by atoms with Crippen LogP contribution in [0, 0.1) is 5.92 Å². The highest BCUT2D eigenvalue weighted by Gasteiger charge is 2.42. The van der Waals surface area contributed by atoms with E-state index in [9.17, 15) is 14.7 Å². The van der Waals surface area contributed by atoms with E-state index in [0.29, 0.717) is 17.5 Å². The third-order valence-corrected chi connectivity index (χ3v) is 5.62. The minimum absolute atomic E-state index is 0.00857. The van der Waals surface area contributed by atoms with E-state index in [1.807, 2.05) is 43.3 Å². The van der Waals surface area contributed by atoms with Crippen molar-refractivity contribution < 1.29 is 19.4 Å². The Balaban J connectivity index is 2.22. The number of aliphatic hydroxyl groups excluding tert-OH is 1. The van der Waals surface area contributed by atoms with Crippen molar-refractivity contribution in [3.63, 3.8) is 0 Å². The van der Waals surface area contributed by atoms with Crippen LogP contribution in [-0.4, -0.2) is 35.0 Å². The smallest absolute Gasteiger partial charge is 0.194 e. The summed E-state index contributed by atoms with van der Waals surface area (Å²) in [6.45, 7) is 5.82. The van der Waals surface area contributed by atoms with Gasteiger partial charge < -0.3 is 9.84 Å². The van der Waals surface area contributed by atoms with Crippen LogP contribution in [0.15, 0.2) is 60.7 Å². The SMILES string of the molecule is CCCCC(CC(C)O)C(C)(OCCC(=O)c1ccccc1)C(=O)c1ccccc1. The van der Waals surface area contributed by atoms with Crippen molar-refractivity contribution in [2.75, 3.05) is 6.61 Å². The predicted molar refractivity (Wildman–Crippen MR) is 120 cm³/mol. The lowest BCUT2D eigenvalue weighted by Gasteiger charge is -2.37. The first-order valence-electron chi connectivity index (χ1n) is 10.9. The average Bonchev–Trinajstić information content (AvgIpc) is 2.76. The molecule has 4 nitrogen and oxygen atoms in total. The number of carbonyl (C=O) groups excluding carboxylic acids is 2. The molecule has 162 valence electrons. The number of hydrogen-bond donors (Lipinski definition) is 1. The highest BCUT2D eigenvalue weighted by atomic mass is 16.5. The molecular weight excluding hydrogens is 376 g/mol. The lowest BCUT2D eigenvalue weighted by molar-refractivity contribution is -0.0610. The molecule has 1 N–H and O–H groups in total. The van der Waals surface area contributed by atoms with Crippen LogP contribution < -0.4 is 0 Å². The fraction of sp³-hybridized carbons (Fsp3) is 0.462. The average molecular weight is 411 g/mol. The molecule has 3 unspecified atom stereocenters. The Morgan fingerprint density at radius 1 is 1.00 bits per heavy atom. The monoisotopic (exact) mass is 410 g/mol. The van der Waals surface area contributed by atoms with Gasteiger partial charge in [0, 0.05) is 17.5 Å². The number of ether oxygens (including phenoxy) is 1. The molecule has 0 aliphatic rings. The minimum Gasteiger partial charge on any atom is -0.393 e. The molecule has 2 aromatic rings. The van der Waals surface area contributed by atoms with Crippen LogP contribution in [-0.2, 0) is 4.74 Å². The van der Waals surface area contributed by atoms with Crippen molar-refractivity contribution in [1.82, 2.24) is 0 Å². The van der Waals surface area contributed by atoms with Crippen molar-refractivity contribution in [1.29, 1.82) is 0 Å². The molecule has 2 rings (SSSR count). The van der Waals surface area contributed by atoms with E-state index in [0.717, 1.165) is 19.3 Å². The maximum Gasteiger partial charge on any atom is 0.194 e. The van der Waals surface area contributed by atoms with E-state index in [2.05, 4.69) is 6.92 Å². The first-order valence-corrected chi connectivity index (χ1v) is 10.9. The quantitative estimate of drug-likeness (QED) is 0.443. The van der Waals surface area contributed by atoms with Crippen LogP contribution in [0.3, 0.4) is 0 Å². The van der Waals surface area contributed by atoms with E-state index < -0.39 is 11.7 Å². The van der Waals surface area contributed by atoms with Crippen molar-refractivity contribution >= 4 is 11.6 Å². The Labute approximate surface area is 180 Å². The van der Waals surface area contributed by atoms with Crippen LogP contribution in [0.2, 0.25) is 0 Å². The largest absolute Gasteiger partial charge is 0.393 e. The number of unbranched alkanes of at least 4 members (excludes halogenated alkanes) is 1. The van der Waals surface area contributed by atoms with E-state index >= 15 is 0 Å². The highest BCUT2D eigenvalue weighted by molar-refractivity contribution is 6.02. The van der Waals surface area contributed by atoms with Gasteiger partial charge in [-0.15, -0.1) is 0 Å². The summed E-state index contributed by atoms with van der Waals surface area (Å²) < 4.78 is 6.22. The van der Waals surface area contributed by atoms with E-state index in [-0.39, 0.29) is 30.5 Å². The second kappa shape index (κ2) is 11.8. The van der Waals surface area contributed by atoms with E-state index in [1.54, 1.807) is 31.2 Å². The number of aliphatic hydroxyl groups is 1. The molecule has 0 amide bonds. The molecular formula is C26H34O4. The fourth-order valence-electron chi connectivity index (χ4n) is 3.85. The van der Waals surface area contributed by atoms with Gasteiger partial charge in [-0.2, -0.15) is 0 Å². The van der Waals surface area contributed by atoms with Crippen molar-refractivity contribution in [3.8, 4) is 0 Å². The number of benzene rings is 2.